The van der Waals surface area contributed by atoms with Gasteiger partial charge in [-0.3, -0.25) is 0 Å². The molecule has 0 spiro atoms. The first-order valence-electron chi connectivity index (χ1n) is 7.71. The predicted octanol–water partition coefficient (Wildman–Crippen LogP) is 4.22. The summed E-state index contributed by atoms with van der Waals surface area (Å²) in [5.41, 5.74) is 12.6. The SMILES string of the molecule is Cc1cc(C)cc(COc2cccc3c2CCCC3N)c1. The minimum atomic E-state index is 0.165. The molecule has 2 heteroatoms. The molecule has 0 heterocycles. The molecule has 0 saturated heterocycles. The summed E-state index contributed by atoms with van der Waals surface area (Å²) in [6.45, 7) is 4.87. The first kappa shape index (κ1) is 14.2. The van der Waals surface area contributed by atoms with E-state index in [1.54, 1.807) is 0 Å². The summed E-state index contributed by atoms with van der Waals surface area (Å²) in [6, 6.07) is 13.0. The molecule has 2 aromatic rings. The molecule has 1 aliphatic carbocycles. The van der Waals surface area contributed by atoms with E-state index >= 15 is 0 Å². The Bertz CT molecular complexity index is 628. The zero-order valence-corrected chi connectivity index (χ0v) is 12.9. The molecule has 2 N–H and O–H groups in total. The highest BCUT2D eigenvalue weighted by Crippen LogP contribution is 2.34. The summed E-state index contributed by atoms with van der Waals surface area (Å²) in [4.78, 5) is 0. The van der Waals surface area contributed by atoms with Crippen molar-refractivity contribution in [1.29, 1.82) is 0 Å². The molecular weight excluding hydrogens is 258 g/mol. The number of nitrogens with two attached hydrogens (primary N) is 1. The molecule has 0 bridgehead atoms. The van der Waals surface area contributed by atoms with Gasteiger partial charge in [0.2, 0.25) is 0 Å². The maximum Gasteiger partial charge on any atom is 0.123 e. The van der Waals surface area contributed by atoms with Gasteiger partial charge in [0.15, 0.2) is 0 Å². The Morgan fingerprint density at radius 1 is 1.14 bits per heavy atom. The molecule has 0 fully saturated rings. The number of fused-ring (bicyclic) bond motifs is 1. The molecule has 3 rings (SSSR count). The van der Waals surface area contributed by atoms with Crippen LogP contribution < -0.4 is 10.5 Å². The first-order chi connectivity index (χ1) is 10.1. The molecule has 0 aromatic heterocycles. The van der Waals surface area contributed by atoms with Crippen molar-refractivity contribution >= 4 is 0 Å². The molecule has 2 aromatic carbocycles. The summed E-state index contributed by atoms with van der Waals surface area (Å²) in [6.07, 6.45) is 3.30. The first-order valence-corrected chi connectivity index (χ1v) is 7.71. The fourth-order valence-electron chi connectivity index (χ4n) is 3.30. The lowest BCUT2D eigenvalue weighted by Gasteiger charge is -2.24. The molecule has 1 atom stereocenters. The highest BCUT2D eigenvalue weighted by molar-refractivity contribution is 5.43. The minimum absolute atomic E-state index is 0.165. The zero-order valence-electron chi connectivity index (χ0n) is 12.9. The van der Waals surface area contributed by atoms with E-state index in [4.69, 9.17) is 10.5 Å². The normalized spacial score (nSPS) is 17.4. The summed E-state index contributed by atoms with van der Waals surface area (Å²) in [5.74, 6) is 1.00. The fourth-order valence-corrected chi connectivity index (χ4v) is 3.30. The minimum Gasteiger partial charge on any atom is -0.489 e. The van der Waals surface area contributed by atoms with Crippen molar-refractivity contribution in [3.8, 4) is 5.75 Å². The third-order valence-corrected chi connectivity index (χ3v) is 4.19. The number of aryl methyl sites for hydroxylation is 2. The lowest BCUT2D eigenvalue weighted by Crippen LogP contribution is -2.18. The summed E-state index contributed by atoms with van der Waals surface area (Å²) >= 11 is 0. The van der Waals surface area contributed by atoms with Crippen LogP contribution in [0.2, 0.25) is 0 Å². The number of ether oxygens (including phenoxy) is 1. The third kappa shape index (κ3) is 3.11. The zero-order chi connectivity index (χ0) is 14.8. The Kier molecular flexibility index (Phi) is 3.98. The van der Waals surface area contributed by atoms with Crippen molar-refractivity contribution in [1.82, 2.24) is 0 Å². The van der Waals surface area contributed by atoms with E-state index in [1.165, 1.54) is 27.8 Å². The van der Waals surface area contributed by atoms with E-state index in [0.29, 0.717) is 6.61 Å². The molecule has 0 saturated carbocycles. The van der Waals surface area contributed by atoms with Crippen LogP contribution in [-0.2, 0) is 13.0 Å². The van der Waals surface area contributed by atoms with Gasteiger partial charge in [0.1, 0.15) is 12.4 Å². The highest BCUT2D eigenvalue weighted by atomic mass is 16.5. The Morgan fingerprint density at radius 2 is 1.90 bits per heavy atom. The molecule has 1 aliphatic rings. The maximum absolute atomic E-state index is 6.21. The van der Waals surface area contributed by atoms with Gasteiger partial charge in [-0.15, -0.1) is 0 Å². The van der Waals surface area contributed by atoms with E-state index in [0.717, 1.165) is 25.0 Å². The predicted molar refractivity (Wildman–Crippen MR) is 86.6 cm³/mol. The second-order valence-electron chi connectivity index (χ2n) is 6.11. The molecule has 0 amide bonds. The van der Waals surface area contributed by atoms with Crippen LogP contribution in [0.1, 0.15) is 46.7 Å². The summed E-state index contributed by atoms with van der Waals surface area (Å²) in [7, 11) is 0. The van der Waals surface area contributed by atoms with Crippen molar-refractivity contribution in [2.45, 2.75) is 45.8 Å². The smallest absolute Gasteiger partial charge is 0.123 e. The van der Waals surface area contributed by atoms with Gasteiger partial charge < -0.3 is 10.5 Å². The van der Waals surface area contributed by atoms with Crippen LogP contribution in [-0.4, -0.2) is 0 Å². The summed E-state index contributed by atoms with van der Waals surface area (Å²) in [5, 5.41) is 0. The maximum atomic E-state index is 6.21. The molecule has 21 heavy (non-hydrogen) atoms. The summed E-state index contributed by atoms with van der Waals surface area (Å²) < 4.78 is 6.09. The van der Waals surface area contributed by atoms with Gasteiger partial charge in [0.25, 0.3) is 0 Å². The van der Waals surface area contributed by atoms with Crippen molar-refractivity contribution < 1.29 is 4.74 Å². The van der Waals surface area contributed by atoms with Gasteiger partial charge in [-0.25, -0.2) is 0 Å². The monoisotopic (exact) mass is 281 g/mol. The van der Waals surface area contributed by atoms with Gasteiger partial charge in [-0.05, 0) is 55.9 Å². The van der Waals surface area contributed by atoms with E-state index in [2.05, 4.69) is 50.2 Å². The number of hydrogen-bond acceptors (Lipinski definition) is 2. The molecule has 1 unspecified atom stereocenters. The van der Waals surface area contributed by atoms with Crippen LogP contribution in [0.4, 0.5) is 0 Å². The van der Waals surface area contributed by atoms with Crippen LogP contribution in [0.3, 0.4) is 0 Å². The van der Waals surface area contributed by atoms with Crippen LogP contribution in [0.25, 0.3) is 0 Å². The van der Waals surface area contributed by atoms with E-state index in [9.17, 15) is 0 Å². The molecule has 110 valence electrons. The highest BCUT2D eigenvalue weighted by Gasteiger charge is 2.19. The van der Waals surface area contributed by atoms with Crippen LogP contribution >= 0.6 is 0 Å². The number of benzene rings is 2. The fraction of sp³-hybridized carbons (Fsp3) is 0.368. The van der Waals surface area contributed by atoms with Gasteiger partial charge in [0.05, 0.1) is 0 Å². The Hall–Kier alpha value is -1.80. The lowest BCUT2D eigenvalue weighted by molar-refractivity contribution is 0.300. The Morgan fingerprint density at radius 3 is 2.67 bits per heavy atom. The van der Waals surface area contributed by atoms with Crippen molar-refractivity contribution in [3.05, 3.63) is 64.2 Å². The number of rotatable bonds is 3. The quantitative estimate of drug-likeness (QED) is 0.914. The number of hydrogen-bond donors (Lipinski definition) is 1. The van der Waals surface area contributed by atoms with Gasteiger partial charge in [-0.2, -0.15) is 0 Å². The topological polar surface area (TPSA) is 35.2 Å². The van der Waals surface area contributed by atoms with Crippen molar-refractivity contribution in [2.75, 3.05) is 0 Å². The van der Waals surface area contributed by atoms with Gasteiger partial charge in [0, 0.05) is 6.04 Å². The average molecular weight is 281 g/mol. The van der Waals surface area contributed by atoms with Crippen LogP contribution in [0, 0.1) is 13.8 Å². The van der Waals surface area contributed by atoms with Gasteiger partial charge >= 0.3 is 0 Å². The van der Waals surface area contributed by atoms with Gasteiger partial charge in [-0.1, -0.05) is 41.5 Å². The lowest BCUT2D eigenvalue weighted by atomic mass is 9.87. The van der Waals surface area contributed by atoms with E-state index < -0.39 is 0 Å². The van der Waals surface area contributed by atoms with Crippen LogP contribution in [0.5, 0.6) is 5.75 Å². The molecule has 0 aliphatic heterocycles. The Balaban J connectivity index is 1.81. The third-order valence-electron chi connectivity index (χ3n) is 4.19. The molecule has 0 radical (unpaired) electrons. The van der Waals surface area contributed by atoms with E-state index in [-0.39, 0.29) is 6.04 Å². The van der Waals surface area contributed by atoms with Crippen LogP contribution in [0.15, 0.2) is 36.4 Å². The standard InChI is InChI=1S/C19H23NO/c1-13-9-14(2)11-15(10-13)12-21-19-8-4-5-16-17(19)6-3-7-18(16)20/h4-5,8-11,18H,3,6-7,12,20H2,1-2H3. The molecular formula is C19H23NO. The Labute approximate surface area is 126 Å². The largest absolute Gasteiger partial charge is 0.489 e. The average Bonchev–Trinajstić information content (AvgIpc) is 2.45. The molecule has 2 nitrogen and oxygen atoms in total. The van der Waals surface area contributed by atoms with Crippen molar-refractivity contribution in [3.63, 3.8) is 0 Å². The van der Waals surface area contributed by atoms with E-state index in [1.807, 2.05) is 0 Å². The second kappa shape index (κ2) is 5.90. The second-order valence-corrected chi connectivity index (χ2v) is 6.11. The van der Waals surface area contributed by atoms with Crippen molar-refractivity contribution in [2.24, 2.45) is 5.73 Å².